The first-order chi connectivity index (χ1) is 17.7. The lowest BCUT2D eigenvalue weighted by Crippen LogP contribution is -2.14. The number of rotatable bonds is 6. The molecule has 0 radical (unpaired) electrons. The van der Waals surface area contributed by atoms with Crippen molar-refractivity contribution in [3.05, 3.63) is 103 Å². The van der Waals surface area contributed by atoms with Gasteiger partial charge in [0.15, 0.2) is 11.0 Å². The Labute approximate surface area is 210 Å². The molecule has 0 aliphatic rings. The number of fused-ring (bicyclic) bond motifs is 2. The van der Waals surface area contributed by atoms with E-state index < -0.39 is 0 Å². The molecule has 4 aromatic carbocycles. The molecule has 0 bridgehead atoms. The summed E-state index contributed by atoms with van der Waals surface area (Å²) in [7, 11) is 0. The molecule has 0 spiro atoms. The van der Waals surface area contributed by atoms with Crippen LogP contribution in [-0.4, -0.2) is 31.4 Å². The summed E-state index contributed by atoms with van der Waals surface area (Å²) in [6.07, 6.45) is 1.89. The standard InChI is InChI=1S/C28H20FN5OS/c29-19-12-14-20(15-13-19)34-27(23-16-30-24-10-4-3-9-22(23)24)32-33-28(34)36-17-26(35)31-25-11-5-7-18-6-1-2-8-21(18)25/h1-16,30H,17H2,(H,31,35). The maximum atomic E-state index is 13.7. The van der Waals surface area contributed by atoms with Crippen LogP contribution in [0.3, 0.4) is 0 Å². The molecule has 2 heterocycles. The maximum absolute atomic E-state index is 13.7. The Kier molecular flexibility index (Phi) is 5.71. The minimum Gasteiger partial charge on any atom is -0.360 e. The average Bonchev–Trinajstić information content (AvgIpc) is 3.52. The first-order valence-electron chi connectivity index (χ1n) is 11.4. The van der Waals surface area contributed by atoms with E-state index in [-0.39, 0.29) is 17.5 Å². The highest BCUT2D eigenvalue weighted by Gasteiger charge is 2.20. The molecule has 0 atom stereocenters. The van der Waals surface area contributed by atoms with E-state index in [9.17, 15) is 9.18 Å². The Bertz CT molecular complexity index is 1700. The van der Waals surface area contributed by atoms with Crippen LogP contribution in [0.5, 0.6) is 0 Å². The van der Waals surface area contributed by atoms with Crippen LogP contribution in [-0.2, 0) is 4.79 Å². The van der Waals surface area contributed by atoms with E-state index in [0.717, 1.165) is 32.9 Å². The number of nitrogens with one attached hydrogen (secondary N) is 2. The summed E-state index contributed by atoms with van der Waals surface area (Å²) in [6.45, 7) is 0. The van der Waals surface area contributed by atoms with Gasteiger partial charge >= 0.3 is 0 Å². The average molecular weight is 494 g/mol. The molecule has 176 valence electrons. The normalized spacial score (nSPS) is 11.2. The molecule has 8 heteroatoms. The van der Waals surface area contributed by atoms with E-state index in [2.05, 4.69) is 20.5 Å². The molecule has 6 nitrogen and oxygen atoms in total. The van der Waals surface area contributed by atoms with Gasteiger partial charge in [0.2, 0.25) is 5.91 Å². The SMILES string of the molecule is O=C(CSc1nnc(-c2c[nH]c3ccccc23)n1-c1ccc(F)cc1)Nc1cccc2ccccc12. The Balaban J connectivity index is 1.32. The second kappa shape index (κ2) is 9.31. The zero-order valence-electron chi connectivity index (χ0n) is 19.0. The molecule has 0 aliphatic carbocycles. The Hall–Kier alpha value is -4.43. The van der Waals surface area contributed by atoms with Crippen molar-refractivity contribution < 1.29 is 9.18 Å². The van der Waals surface area contributed by atoms with Crippen LogP contribution in [0.25, 0.3) is 38.8 Å². The summed E-state index contributed by atoms with van der Waals surface area (Å²) < 4.78 is 15.5. The molecule has 36 heavy (non-hydrogen) atoms. The minimum absolute atomic E-state index is 0.135. The number of halogens is 1. The molecule has 0 fully saturated rings. The van der Waals surface area contributed by atoms with Gasteiger partial charge < -0.3 is 10.3 Å². The fourth-order valence-corrected chi connectivity index (χ4v) is 5.02. The van der Waals surface area contributed by atoms with Gasteiger partial charge in [-0.2, -0.15) is 0 Å². The maximum Gasteiger partial charge on any atom is 0.234 e. The number of carbonyl (C=O) groups is 1. The number of thioether (sulfide) groups is 1. The van der Waals surface area contributed by atoms with Crippen LogP contribution < -0.4 is 5.32 Å². The fraction of sp³-hybridized carbons (Fsp3) is 0.0357. The molecule has 0 saturated heterocycles. The predicted molar refractivity (Wildman–Crippen MR) is 142 cm³/mol. The van der Waals surface area contributed by atoms with Gasteiger partial charge in [-0.15, -0.1) is 10.2 Å². The summed E-state index contributed by atoms with van der Waals surface area (Å²) in [5, 5.41) is 15.4. The van der Waals surface area contributed by atoms with Crippen molar-refractivity contribution in [2.45, 2.75) is 5.16 Å². The second-order valence-corrected chi connectivity index (χ2v) is 9.17. The number of carbonyl (C=O) groups excluding carboxylic acids is 1. The van der Waals surface area contributed by atoms with Gasteiger partial charge in [0.05, 0.1) is 5.75 Å². The second-order valence-electron chi connectivity index (χ2n) is 8.23. The fourth-order valence-electron chi connectivity index (χ4n) is 4.27. The number of benzene rings is 4. The van der Waals surface area contributed by atoms with Gasteiger partial charge in [-0.25, -0.2) is 4.39 Å². The number of anilines is 1. The monoisotopic (exact) mass is 493 g/mol. The van der Waals surface area contributed by atoms with Crippen molar-refractivity contribution in [2.75, 3.05) is 11.1 Å². The highest BCUT2D eigenvalue weighted by molar-refractivity contribution is 7.99. The van der Waals surface area contributed by atoms with E-state index >= 15 is 0 Å². The van der Waals surface area contributed by atoms with Gasteiger partial charge in [0.25, 0.3) is 0 Å². The van der Waals surface area contributed by atoms with Crippen LogP contribution in [0, 0.1) is 5.82 Å². The first kappa shape index (κ1) is 22.1. The number of aromatic nitrogens is 4. The summed E-state index contributed by atoms with van der Waals surface area (Å²) in [4.78, 5) is 16.2. The molecular weight excluding hydrogens is 473 g/mol. The van der Waals surface area contributed by atoms with Crippen molar-refractivity contribution in [3.63, 3.8) is 0 Å². The Morgan fingerprint density at radius 3 is 2.50 bits per heavy atom. The number of nitrogens with zero attached hydrogens (tertiary/aromatic N) is 3. The summed E-state index contributed by atoms with van der Waals surface area (Å²) in [5.74, 6) is 0.259. The van der Waals surface area contributed by atoms with Crippen LogP contribution in [0.1, 0.15) is 0 Å². The number of hydrogen-bond donors (Lipinski definition) is 2. The zero-order valence-corrected chi connectivity index (χ0v) is 19.8. The lowest BCUT2D eigenvalue weighted by Gasteiger charge is -2.11. The molecule has 0 unspecified atom stereocenters. The van der Waals surface area contributed by atoms with Gasteiger partial charge in [0.1, 0.15) is 5.82 Å². The van der Waals surface area contributed by atoms with Crippen molar-refractivity contribution in [1.29, 1.82) is 0 Å². The molecular formula is C28H20FN5OS. The third kappa shape index (κ3) is 4.12. The molecule has 6 rings (SSSR count). The van der Waals surface area contributed by atoms with Crippen LogP contribution in [0.2, 0.25) is 0 Å². The molecule has 1 amide bonds. The first-order valence-corrected chi connectivity index (χ1v) is 12.3. The summed E-state index contributed by atoms with van der Waals surface area (Å²) >= 11 is 1.28. The van der Waals surface area contributed by atoms with Crippen LogP contribution in [0.15, 0.2) is 102 Å². The van der Waals surface area contributed by atoms with Gasteiger partial charge in [-0.1, -0.05) is 66.4 Å². The Morgan fingerprint density at radius 1 is 0.889 bits per heavy atom. The summed E-state index contributed by atoms with van der Waals surface area (Å²) in [6, 6.07) is 27.8. The van der Waals surface area contributed by atoms with E-state index in [4.69, 9.17) is 0 Å². The largest absolute Gasteiger partial charge is 0.360 e. The van der Waals surface area contributed by atoms with E-state index in [1.165, 1.54) is 23.9 Å². The van der Waals surface area contributed by atoms with Crippen LogP contribution in [0.4, 0.5) is 10.1 Å². The van der Waals surface area contributed by atoms with E-state index in [1.54, 1.807) is 12.1 Å². The number of H-pyrrole nitrogens is 1. The third-order valence-corrected chi connectivity index (χ3v) is 6.87. The van der Waals surface area contributed by atoms with Crippen molar-refractivity contribution in [1.82, 2.24) is 19.7 Å². The van der Waals surface area contributed by atoms with E-state index in [1.807, 2.05) is 77.5 Å². The highest BCUT2D eigenvalue weighted by atomic mass is 32.2. The number of amides is 1. The highest BCUT2D eigenvalue weighted by Crippen LogP contribution is 2.32. The van der Waals surface area contributed by atoms with Crippen molar-refractivity contribution >= 4 is 45.0 Å². The van der Waals surface area contributed by atoms with E-state index in [0.29, 0.717) is 16.7 Å². The lowest BCUT2D eigenvalue weighted by molar-refractivity contribution is -0.113. The van der Waals surface area contributed by atoms with Crippen LogP contribution >= 0.6 is 11.8 Å². The minimum atomic E-state index is -0.330. The Morgan fingerprint density at radius 2 is 1.64 bits per heavy atom. The summed E-state index contributed by atoms with van der Waals surface area (Å²) in [5.41, 5.74) is 3.32. The van der Waals surface area contributed by atoms with Crippen molar-refractivity contribution in [2.24, 2.45) is 0 Å². The topological polar surface area (TPSA) is 75.6 Å². The smallest absolute Gasteiger partial charge is 0.234 e. The van der Waals surface area contributed by atoms with Gasteiger partial charge in [-0.05, 0) is 41.8 Å². The quantitative estimate of drug-likeness (QED) is 0.262. The van der Waals surface area contributed by atoms with Crippen molar-refractivity contribution in [3.8, 4) is 17.1 Å². The molecule has 0 saturated carbocycles. The molecule has 2 N–H and O–H groups in total. The number of hydrogen-bond acceptors (Lipinski definition) is 4. The lowest BCUT2D eigenvalue weighted by atomic mass is 10.1. The predicted octanol–water partition coefficient (Wildman–Crippen LogP) is 6.44. The number of aromatic amines is 1. The molecule has 0 aliphatic heterocycles. The van der Waals surface area contributed by atoms with Gasteiger partial charge in [-0.3, -0.25) is 9.36 Å². The van der Waals surface area contributed by atoms with Gasteiger partial charge in [0, 0.05) is 39.4 Å². The zero-order chi connectivity index (χ0) is 24.5. The molecule has 2 aromatic heterocycles. The third-order valence-electron chi connectivity index (χ3n) is 5.94. The molecule has 6 aromatic rings. The number of para-hydroxylation sites is 1.